The fourth-order valence-corrected chi connectivity index (χ4v) is 14.7. The maximum atomic E-state index is 10.8. The predicted molar refractivity (Wildman–Crippen MR) is 236 cm³/mol. The fraction of sp³-hybridized carbons (Fsp3) is 0.192. The Morgan fingerprint density at radius 3 is 1.07 bits per heavy atom. The van der Waals surface area contributed by atoms with Crippen LogP contribution in [0.2, 0.25) is 0 Å². The molecule has 284 valence electrons. The topological polar surface area (TPSA) is 49.7 Å². The molecule has 0 aliphatic rings. The van der Waals surface area contributed by atoms with Gasteiger partial charge in [-0.3, -0.25) is 0 Å². The van der Waals surface area contributed by atoms with Crippen molar-refractivity contribution in [3.8, 4) is 17.2 Å². The number of aryl methyl sites for hydroxylation is 5. The van der Waals surface area contributed by atoms with Crippen LogP contribution in [0.15, 0.2) is 158 Å². The van der Waals surface area contributed by atoms with Crippen LogP contribution in [0, 0.1) is 34.6 Å². The van der Waals surface area contributed by atoms with Gasteiger partial charge in [-0.1, -0.05) is 0 Å². The van der Waals surface area contributed by atoms with E-state index in [4.69, 9.17) is 4.52 Å². The molecule has 3 nitrogen and oxygen atoms in total. The molecule has 4 heteroatoms. The van der Waals surface area contributed by atoms with Crippen LogP contribution in [0.5, 0.6) is 17.2 Å². The molecule has 7 aromatic carbocycles. The number of phenols is 2. The van der Waals surface area contributed by atoms with Gasteiger partial charge in [0, 0.05) is 0 Å². The van der Waals surface area contributed by atoms with Crippen LogP contribution < -0.4 is 9.83 Å². The van der Waals surface area contributed by atoms with Crippen LogP contribution >= 0.6 is 6.83 Å². The van der Waals surface area contributed by atoms with E-state index in [2.05, 4.69) is 165 Å². The van der Waals surface area contributed by atoms with Gasteiger partial charge in [-0.2, -0.15) is 0 Å². The molecule has 0 aliphatic carbocycles. The fourth-order valence-electron chi connectivity index (χ4n) is 8.70. The van der Waals surface area contributed by atoms with Gasteiger partial charge < -0.3 is 0 Å². The molecular weight excluding hydrogens is 704 g/mol. The van der Waals surface area contributed by atoms with Crippen molar-refractivity contribution in [2.75, 3.05) is 0 Å². The van der Waals surface area contributed by atoms with Gasteiger partial charge in [0.05, 0.1) is 0 Å². The standard InChI is InChI=1S/C52H53O3P/c1-37-26-47(32-45-28-38(2)50(53)39(3)29-45)52(48(27-37)33-46-30-40(4)51(54)41(5)31-46)55-56(49-24-16-9-17-25-49,34-42-18-10-6-11-19-42,35-43-20-12-7-13-21-43)36-44-22-14-8-15-23-44/h6-31,53-54H,32-36H2,1-5H3. The van der Waals surface area contributed by atoms with E-state index < -0.39 is 6.83 Å². The van der Waals surface area contributed by atoms with Gasteiger partial charge in [0.1, 0.15) is 0 Å². The zero-order chi connectivity index (χ0) is 39.3. The third-order valence-corrected chi connectivity index (χ3v) is 16.8. The Labute approximate surface area is 333 Å². The summed E-state index contributed by atoms with van der Waals surface area (Å²) in [6, 6.07) is 56.7. The van der Waals surface area contributed by atoms with Crippen molar-refractivity contribution in [2.24, 2.45) is 0 Å². The maximum absolute atomic E-state index is 10.8. The summed E-state index contributed by atoms with van der Waals surface area (Å²) in [5.74, 6) is 1.61. The van der Waals surface area contributed by atoms with Crippen molar-refractivity contribution in [2.45, 2.75) is 65.9 Å². The molecule has 0 heterocycles. The molecule has 0 atom stereocenters. The normalized spacial score (nSPS) is 12.2. The third-order valence-electron chi connectivity index (χ3n) is 11.2. The Bertz CT molecular complexity index is 2210. The summed E-state index contributed by atoms with van der Waals surface area (Å²) < 4.78 is 8.45. The summed E-state index contributed by atoms with van der Waals surface area (Å²) in [7, 11) is 0. The number of rotatable bonds is 13. The average Bonchev–Trinajstić information content (AvgIpc) is 3.19. The van der Waals surface area contributed by atoms with Crippen LogP contribution in [-0.2, 0) is 31.3 Å². The molecular formula is C52H53O3P. The first-order valence-electron chi connectivity index (χ1n) is 19.6. The molecule has 7 rings (SSSR count). The first kappa shape index (κ1) is 38.6. The van der Waals surface area contributed by atoms with E-state index in [1.54, 1.807) is 0 Å². The number of aromatic hydroxyl groups is 2. The van der Waals surface area contributed by atoms with Crippen LogP contribution in [0.25, 0.3) is 0 Å². The Balaban J connectivity index is 1.56. The summed E-state index contributed by atoms with van der Waals surface area (Å²) >= 11 is 0. The molecule has 0 bridgehead atoms. The number of hydrogen-bond donors (Lipinski definition) is 2. The average molecular weight is 757 g/mol. The van der Waals surface area contributed by atoms with Crippen LogP contribution in [0.1, 0.15) is 66.8 Å². The van der Waals surface area contributed by atoms with Crippen LogP contribution in [0.3, 0.4) is 0 Å². The Morgan fingerprint density at radius 2 is 0.732 bits per heavy atom. The molecule has 0 spiro atoms. The van der Waals surface area contributed by atoms with E-state index in [0.29, 0.717) is 24.3 Å². The van der Waals surface area contributed by atoms with Crippen molar-refractivity contribution < 1.29 is 14.7 Å². The summed E-state index contributed by atoms with van der Waals surface area (Å²) in [5.41, 5.74) is 12.9. The van der Waals surface area contributed by atoms with E-state index in [-0.39, 0.29) is 0 Å². The minimum atomic E-state index is -3.68. The zero-order valence-corrected chi connectivity index (χ0v) is 34.2. The summed E-state index contributed by atoms with van der Waals surface area (Å²) in [4.78, 5) is 0. The summed E-state index contributed by atoms with van der Waals surface area (Å²) in [5, 5.41) is 22.8. The molecule has 7 aromatic rings. The van der Waals surface area contributed by atoms with Crippen molar-refractivity contribution in [1.29, 1.82) is 0 Å². The van der Waals surface area contributed by atoms with E-state index in [9.17, 15) is 10.2 Å². The van der Waals surface area contributed by atoms with Crippen LogP contribution in [0.4, 0.5) is 0 Å². The van der Waals surface area contributed by atoms with Crippen molar-refractivity contribution in [3.05, 3.63) is 224 Å². The van der Waals surface area contributed by atoms with Gasteiger partial charge in [-0.05, 0) is 0 Å². The van der Waals surface area contributed by atoms with Gasteiger partial charge in [0.2, 0.25) is 0 Å². The van der Waals surface area contributed by atoms with E-state index in [0.717, 1.165) is 74.3 Å². The van der Waals surface area contributed by atoms with Gasteiger partial charge >= 0.3 is 335 Å². The molecule has 0 radical (unpaired) electrons. The molecule has 0 amide bonds. The molecule has 0 saturated heterocycles. The Hall–Kier alpha value is -5.63. The quantitative estimate of drug-likeness (QED) is 0.115. The van der Waals surface area contributed by atoms with E-state index >= 15 is 0 Å². The van der Waals surface area contributed by atoms with Gasteiger partial charge in [0.25, 0.3) is 0 Å². The molecule has 0 aliphatic heterocycles. The molecule has 0 unspecified atom stereocenters. The second-order valence-electron chi connectivity index (χ2n) is 15.9. The minimum absolute atomic E-state index is 0.343. The molecule has 0 saturated carbocycles. The third kappa shape index (κ3) is 8.30. The SMILES string of the molecule is Cc1cc(Cc2cc(C)c(O)c(C)c2)c(OP(Cc2ccccc2)(Cc2ccccc2)(Cc2ccccc2)c2ccccc2)c(Cc2cc(C)c(O)c(C)c2)c1. The van der Waals surface area contributed by atoms with Crippen LogP contribution in [-0.4, -0.2) is 10.2 Å². The first-order valence-corrected chi connectivity index (χ1v) is 22.3. The van der Waals surface area contributed by atoms with Crippen molar-refractivity contribution >= 4 is 12.1 Å². The molecule has 0 fully saturated rings. The second kappa shape index (κ2) is 16.2. The van der Waals surface area contributed by atoms with Gasteiger partial charge in [-0.15, -0.1) is 0 Å². The monoisotopic (exact) mass is 756 g/mol. The first-order chi connectivity index (χ1) is 27.0. The summed E-state index contributed by atoms with van der Waals surface area (Å²) in [6.07, 6.45) is 3.50. The molecule has 0 aromatic heterocycles. The predicted octanol–water partition coefficient (Wildman–Crippen LogP) is 12.6. The number of phenolic OH excluding ortho intramolecular Hbond substituents is 2. The van der Waals surface area contributed by atoms with E-state index in [1.807, 2.05) is 27.7 Å². The summed E-state index contributed by atoms with van der Waals surface area (Å²) in [6.45, 7) is 6.39. The Morgan fingerprint density at radius 1 is 0.411 bits per heavy atom. The Kier molecular flexibility index (Phi) is 11.2. The van der Waals surface area contributed by atoms with Crippen molar-refractivity contribution in [3.63, 3.8) is 0 Å². The zero-order valence-electron chi connectivity index (χ0n) is 33.3. The van der Waals surface area contributed by atoms with Gasteiger partial charge in [0.15, 0.2) is 0 Å². The van der Waals surface area contributed by atoms with Gasteiger partial charge in [-0.25, -0.2) is 0 Å². The molecule has 2 N–H and O–H groups in total. The van der Waals surface area contributed by atoms with E-state index in [1.165, 1.54) is 22.0 Å². The second-order valence-corrected chi connectivity index (χ2v) is 20.8. The number of benzene rings is 7. The van der Waals surface area contributed by atoms with Crippen molar-refractivity contribution in [1.82, 2.24) is 0 Å². The number of hydrogen-bond acceptors (Lipinski definition) is 3. The molecule has 56 heavy (non-hydrogen) atoms.